The predicted molar refractivity (Wildman–Crippen MR) is 62.9 cm³/mol. The van der Waals surface area contributed by atoms with E-state index in [1.165, 1.54) is 22.4 Å². The lowest BCUT2D eigenvalue weighted by Crippen LogP contribution is -2.22. The normalized spacial score (nSPS) is 25.1. The Kier molecular flexibility index (Phi) is 2.84. The van der Waals surface area contributed by atoms with E-state index in [1.54, 1.807) is 0 Å². The third-order valence-corrected chi connectivity index (χ3v) is 4.63. The van der Waals surface area contributed by atoms with E-state index < -0.39 is 0 Å². The van der Waals surface area contributed by atoms with E-state index in [1.807, 2.05) is 11.8 Å². The molecule has 1 aliphatic rings. The fraction of sp³-hybridized carbons (Fsp3) is 0.500. The zero-order valence-electron chi connectivity index (χ0n) is 9.00. The van der Waals surface area contributed by atoms with Crippen LogP contribution in [0.5, 0.6) is 0 Å². The summed E-state index contributed by atoms with van der Waals surface area (Å²) in [6, 6.07) is 7.17. The summed E-state index contributed by atoms with van der Waals surface area (Å²) in [4.78, 5) is 1.50. The number of thioether (sulfide) groups is 1. The van der Waals surface area contributed by atoms with Crippen LogP contribution in [0.2, 0.25) is 0 Å². The van der Waals surface area contributed by atoms with Crippen LogP contribution in [0.4, 0.5) is 0 Å². The Bertz CT molecular complexity index is 335. The van der Waals surface area contributed by atoms with Gasteiger partial charge in [0, 0.05) is 16.2 Å². The van der Waals surface area contributed by atoms with Gasteiger partial charge >= 0.3 is 0 Å². The molecule has 2 atom stereocenters. The SMILES string of the molecule is CCC1Sc2c(C)cccc2C1NC. The second kappa shape index (κ2) is 3.95. The monoisotopic (exact) mass is 207 g/mol. The van der Waals surface area contributed by atoms with Crippen LogP contribution in [-0.2, 0) is 0 Å². The topological polar surface area (TPSA) is 12.0 Å². The van der Waals surface area contributed by atoms with Crippen LogP contribution in [0, 0.1) is 6.92 Å². The first kappa shape index (κ1) is 10.1. The van der Waals surface area contributed by atoms with Crippen molar-refractivity contribution in [2.24, 2.45) is 0 Å². The van der Waals surface area contributed by atoms with Gasteiger partial charge in [-0.1, -0.05) is 25.1 Å². The average Bonchev–Trinajstić information content (AvgIpc) is 2.57. The van der Waals surface area contributed by atoms with E-state index in [-0.39, 0.29) is 0 Å². The smallest absolute Gasteiger partial charge is 0.0452 e. The van der Waals surface area contributed by atoms with Gasteiger partial charge in [-0.05, 0) is 31.5 Å². The van der Waals surface area contributed by atoms with E-state index in [2.05, 4.69) is 44.4 Å². The van der Waals surface area contributed by atoms with Crippen molar-refractivity contribution in [3.05, 3.63) is 29.3 Å². The quantitative estimate of drug-likeness (QED) is 0.799. The molecule has 0 fully saturated rings. The molecule has 1 N–H and O–H groups in total. The van der Waals surface area contributed by atoms with E-state index in [9.17, 15) is 0 Å². The molecular formula is C12H17NS. The molecule has 0 saturated heterocycles. The van der Waals surface area contributed by atoms with Crippen molar-refractivity contribution in [3.8, 4) is 0 Å². The lowest BCUT2D eigenvalue weighted by Gasteiger charge is -2.16. The molecule has 0 bridgehead atoms. The second-order valence-corrected chi connectivity index (χ2v) is 5.07. The molecule has 1 aromatic rings. The van der Waals surface area contributed by atoms with Crippen molar-refractivity contribution in [3.63, 3.8) is 0 Å². The average molecular weight is 207 g/mol. The molecule has 2 rings (SSSR count). The van der Waals surface area contributed by atoms with E-state index in [0.717, 1.165) is 0 Å². The lowest BCUT2D eigenvalue weighted by atomic mass is 10.0. The maximum atomic E-state index is 3.43. The van der Waals surface area contributed by atoms with E-state index in [0.29, 0.717) is 11.3 Å². The summed E-state index contributed by atoms with van der Waals surface area (Å²) in [6.45, 7) is 4.47. The van der Waals surface area contributed by atoms with E-state index >= 15 is 0 Å². The highest BCUT2D eigenvalue weighted by molar-refractivity contribution is 8.00. The van der Waals surface area contributed by atoms with Gasteiger partial charge < -0.3 is 5.32 Å². The van der Waals surface area contributed by atoms with Crippen LogP contribution in [0.15, 0.2) is 23.1 Å². The van der Waals surface area contributed by atoms with Gasteiger partial charge in [0.15, 0.2) is 0 Å². The number of benzene rings is 1. The highest BCUT2D eigenvalue weighted by Gasteiger charge is 2.31. The Morgan fingerprint density at radius 1 is 1.43 bits per heavy atom. The van der Waals surface area contributed by atoms with Gasteiger partial charge in [0.2, 0.25) is 0 Å². The number of hydrogen-bond donors (Lipinski definition) is 1. The molecule has 1 aliphatic heterocycles. The molecule has 76 valence electrons. The highest BCUT2D eigenvalue weighted by atomic mass is 32.2. The van der Waals surface area contributed by atoms with Gasteiger partial charge in [-0.3, -0.25) is 0 Å². The third-order valence-electron chi connectivity index (χ3n) is 2.93. The largest absolute Gasteiger partial charge is 0.312 e. The third kappa shape index (κ3) is 1.47. The fourth-order valence-electron chi connectivity index (χ4n) is 2.16. The summed E-state index contributed by atoms with van der Waals surface area (Å²) >= 11 is 2.03. The summed E-state index contributed by atoms with van der Waals surface area (Å²) in [7, 11) is 2.06. The first-order chi connectivity index (χ1) is 6.77. The molecule has 0 amide bonds. The minimum Gasteiger partial charge on any atom is -0.312 e. The minimum absolute atomic E-state index is 0.542. The first-order valence-corrected chi connectivity index (χ1v) is 6.09. The van der Waals surface area contributed by atoms with Crippen LogP contribution in [0.25, 0.3) is 0 Å². The molecule has 0 spiro atoms. The van der Waals surface area contributed by atoms with Crippen molar-refractivity contribution in [1.29, 1.82) is 0 Å². The fourth-order valence-corrected chi connectivity index (χ4v) is 3.63. The summed E-state index contributed by atoms with van der Waals surface area (Å²) < 4.78 is 0. The molecule has 0 aromatic heterocycles. The van der Waals surface area contributed by atoms with Gasteiger partial charge in [0.05, 0.1) is 0 Å². The Balaban J connectivity index is 2.42. The van der Waals surface area contributed by atoms with Gasteiger partial charge in [-0.25, -0.2) is 0 Å². The molecule has 2 heteroatoms. The summed E-state index contributed by atoms with van der Waals surface area (Å²) in [6.07, 6.45) is 1.23. The van der Waals surface area contributed by atoms with Gasteiger partial charge in [-0.15, -0.1) is 11.8 Å². The zero-order valence-corrected chi connectivity index (χ0v) is 9.82. The van der Waals surface area contributed by atoms with Crippen molar-refractivity contribution in [1.82, 2.24) is 5.32 Å². The summed E-state index contributed by atoms with van der Waals surface area (Å²) in [5, 5.41) is 4.13. The number of aryl methyl sites for hydroxylation is 1. The van der Waals surface area contributed by atoms with Gasteiger partial charge in [-0.2, -0.15) is 0 Å². The van der Waals surface area contributed by atoms with Crippen LogP contribution < -0.4 is 5.32 Å². The molecule has 0 saturated carbocycles. The van der Waals surface area contributed by atoms with Crippen LogP contribution in [0.3, 0.4) is 0 Å². The summed E-state index contributed by atoms with van der Waals surface area (Å²) in [5.41, 5.74) is 2.91. The number of fused-ring (bicyclic) bond motifs is 1. The van der Waals surface area contributed by atoms with Crippen molar-refractivity contribution >= 4 is 11.8 Å². The predicted octanol–water partition coefficient (Wildman–Crippen LogP) is 3.14. The number of hydrogen-bond acceptors (Lipinski definition) is 2. The molecule has 0 aliphatic carbocycles. The Hall–Kier alpha value is -0.470. The Morgan fingerprint density at radius 2 is 2.21 bits per heavy atom. The summed E-state index contributed by atoms with van der Waals surface area (Å²) in [5.74, 6) is 0. The Morgan fingerprint density at radius 3 is 2.86 bits per heavy atom. The highest BCUT2D eigenvalue weighted by Crippen LogP contribution is 2.46. The molecule has 2 unspecified atom stereocenters. The molecule has 14 heavy (non-hydrogen) atoms. The lowest BCUT2D eigenvalue weighted by molar-refractivity contribution is 0.562. The number of rotatable bonds is 2. The van der Waals surface area contributed by atoms with E-state index in [4.69, 9.17) is 0 Å². The number of nitrogens with one attached hydrogen (secondary N) is 1. The standard InChI is InChI=1S/C12H17NS/c1-4-10-11(13-3)9-7-5-6-8(2)12(9)14-10/h5-7,10-11,13H,4H2,1-3H3. The zero-order chi connectivity index (χ0) is 10.1. The van der Waals surface area contributed by atoms with Crippen LogP contribution >= 0.6 is 11.8 Å². The molecule has 1 nitrogen and oxygen atoms in total. The first-order valence-electron chi connectivity index (χ1n) is 5.21. The van der Waals surface area contributed by atoms with Crippen molar-refractivity contribution in [2.45, 2.75) is 36.5 Å². The second-order valence-electron chi connectivity index (χ2n) is 3.82. The molecule has 0 radical (unpaired) electrons. The minimum atomic E-state index is 0.542. The van der Waals surface area contributed by atoms with Crippen molar-refractivity contribution < 1.29 is 0 Å². The van der Waals surface area contributed by atoms with Crippen molar-refractivity contribution in [2.75, 3.05) is 7.05 Å². The maximum Gasteiger partial charge on any atom is 0.0452 e. The maximum absolute atomic E-state index is 3.43. The van der Waals surface area contributed by atoms with Crippen LogP contribution in [-0.4, -0.2) is 12.3 Å². The van der Waals surface area contributed by atoms with Crippen LogP contribution in [0.1, 0.15) is 30.5 Å². The molecule has 1 aromatic carbocycles. The molecular weight excluding hydrogens is 190 g/mol. The molecule has 1 heterocycles. The Labute approximate surface area is 90.3 Å². The van der Waals surface area contributed by atoms with Gasteiger partial charge in [0.25, 0.3) is 0 Å². The van der Waals surface area contributed by atoms with Gasteiger partial charge in [0.1, 0.15) is 0 Å².